The van der Waals surface area contributed by atoms with Crippen LogP contribution in [0.3, 0.4) is 0 Å². The van der Waals surface area contributed by atoms with E-state index in [9.17, 15) is 19.6 Å². The summed E-state index contributed by atoms with van der Waals surface area (Å²) in [4.78, 5) is 45.3. The lowest BCUT2D eigenvalue weighted by Gasteiger charge is -2.36. The van der Waals surface area contributed by atoms with Gasteiger partial charge in [0.15, 0.2) is 22.8 Å². The van der Waals surface area contributed by atoms with E-state index in [1.165, 1.54) is 33.3 Å². The largest absolute Gasteiger partial charge is 0.493 e. The summed E-state index contributed by atoms with van der Waals surface area (Å²) >= 11 is 1.14. The van der Waals surface area contributed by atoms with Crippen molar-refractivity contribution in [3.8, 4) is 23.3 Å². The number of allylic oxidation sites excluding steroid dienone is 1. The van der Waals surface area contributed by atoms with Gasteiger partial charge < -0.3 is 39.6 Å². The lowest BCUT2D eigenvalue weighted by atomic mass is 9.82. The number of nitriles is 1. The minimum atomic E-state index is -0.989. The Morgan fingerprint density at radius 2 is 1.85 bits per heavy atom. The molecule has 3 heterocycles. The van der Waals surface area contributed by atoms with Gasteiger partial charge in [-0.1, -0.05) is 11.8 Å². The quantitative estimate of drug-likeness (QED) is 0.417. The van der Waals surface area contributed by atoms with Crippen molar-refractivity contribution in [2.24, 2.45) is 10.7 Å². The highest BCUT2D eigenvalue weighted by molar-refractivity contribution is 8.14. The molecule has 0 unspecified atom stereocenters. The van der Waals surface area contributed by atoms with Crippen molar-refractivity contribution in [3.05, 3.63) is 40.5 Å². The maximum absolute atomic E-state index is 13.4. The first kappa shape index (κ1) is 29.4. The van der Waals surface area contributed by atoms with E-state index >= 15 is 0 Å². The molecule has 0 bridgehead atoms. The number of urea groups is 1. The number of thioether (sulfide) groups is 1. The molecule has 3 amide bonds. The Hall–Kier alpha value is -4.58. The number of methoxy groups -OCH3 is 3. The maximum Gasteiger partial charge on any atom is 0.338 e. The number of nitrogens with zero attached hydrogens (tertiary/aromatic N) is 4. The van der Waals surface area contributed by atoms with Gasteiger partial charge in [-0.15, -0.1) is 0 Å². The van der Waals surface area contributed by atoms with E-state index in [1.54, 1.807) is 26.1 Å². The molecule has 0 saturated carbocycles. The monoisotopic (exact) mass is 586 g/mol. The number of hydrogen-bond acceptors (Lipinski definition) is 13. The highest BCUT2D eigenvalue weighted by Crippen LogP contribution is 2.46. The molecule has 1 fully saturated rings. The van der Waals surface area contributed by atoms with Gasteiger partial charge in [-0.05, 0) is 24.6 Å². The number of imide groups is 1. The van der Waals surface area contributed by atoms with Crippen molar-refractivity contribution < 1.29 is 38.1 Å². The van der Waals surface area contributed by atoms with Crippen LogP contribution in [0.4, 0.5) is 4.79 Å². The number of nitrogens with one attached hydrogen (secondary N) is 1. The Bertz CT molecular complexity index is 1390. The fourth-order valence-corrected chi connectivity index (χ4v) is 5.64. The highest BCUT2D eigenvalue weighted by Gasteiger charge is 2.47. The van der Waals surface area contributed by atoms with Crippen LogP contribution in [0.2, 0.25) is 0 Å². The van der Waals surface area contributed by atoms with Crippen LogP contribution in [-0.2, 0) is 19.1 Å². The number of rotatable bonds is 8. The normalized spacial score (nSPS) is 22.0. The molecule has 0 spiro atoms. The molecule has 4 rings (SSSR count). The van der Waals surface area contributed by atoms with E-state index in [1.807, 2.05) is 0 Å². The van der Waals surface area contributed by atoms with Gasteiger partial charge in [0, 0.05) is 14.1 Å². The van der Waals surface area contributed by atoms with E-state index in [-0.39, 0.29) is 35.1 Å². The van der Waals surface area contributed by atoms with E-state index in [4.69, 9.17) is 29.4 Å². The van der Waals surface area contributed by atoms with Crippen molar-refractivity contribution in [2.75, 3.05) is 47.8 Å². The molecule has 14 nitrogen and oxygen atoms in total. The summed E-state index contributed by atoms with van der Waals surface area (Å²) in [5, 5.41) is 13.4. The number of esters is 1. The first-order valence-electron chi connectivity index (χ1n) is 12.4. The predicted octanol–water partition coefficient (Wildman–Crippen LogP) is 1.25. The number of aliphatic imine (C=N–C) groups is 1. The molecule has 0 aliphatic carbocycles. The molecule has 1 saturated heterocycles. The molecule has 1 aromatic rings. The Morgan fingerprint density at radius 1 is 1.20 bits per heavy atom. The van der Waals surface area contributed by atoms with E-state index < -0.39 is 36.0 Å². The van der Waals surface area contributed by atoms with Gasteiger partial charge in [0.2, 0.25) is 11.6 Å². The summed E-state index contributed by atoms with van der Waals surface area (Å²) in [6.07, 6.45) is -0.721. The maximum atomic E-state index is 13.4. The second-order valence-electron chi connectivity index (χ2n) is 8.99. The van der Waals surface area contributed by atoms with Crippen LogP contribution in [-0.4, -0.2) is 92.9 Å². The van der Waals surface area contributed by atoms with Crippen molar-refractivity contribution in [1.82, 2.24) is 15.1 Å². The fourth-order valence-electron chi connectivity index (χ4n) is 4.76. The Balaban J connectivity index is 1.75. The molecule has 3 aliphatic heterocycles. The molecule has 0 radical (unpaired) electrons. The number of amides is 3. The summed E-state index contributed by atoms with van der Waals surface area (Å²) < 4.78 is 27.6. The van der Waals surface area contributed by atoms with Crippen molar-refractivity contribution in [3.63, 3.8) is 0 Å². The van der Waals surface area contributed by atoms with Crippen LogP contribution in [0.25, 0.3) is 0 Å². The molecule has 3 atom stereocenters. The fraction of sp³-hybridized carbons (Fsp3) is 0.423. The van der Waals surface area contributed by atoms with Gasteiger partial charge in [0.25, 0.3) is 5.91 Å². The summed E-state index contributed by atoms with van der Waals surface area (Å²) in [5.74, 6) is -1.19. The minimum absolute atomic E-state index is 0.00722. The van der Waals surface area contributed by atoms with E-state index in [2.05, 4.69) is 16.4 Å². The van der Waals surface area contributed by atoms with Crippen molar-refractivity contribution >= 4 is 34.8 Å². The Kier molecular flexibility index (Phi) is 8.52. The third kappa shape index (κ3) is 5.18. The standard InChI is InChI=1S/C26H30N6O8S/c1-7-39-24(34)18-16(11-41-25-29-19-22(30-25)31(2)26(35)32(3)23(19)33)40-21(28)13(10-27)17(18)12-8-14(36-4)20(38-6)15(9-12)37-5/h8-9,17,19,22H,7,11,28H2,1-6H3,(H,29,30)/t17-,19+,22-/m0/s1. The number of amidine groups is 1. The van der Waals surface area contributed by atoms with Crippen LogP contribution in [0, 0.1) is 11.3 Å². The molecule has 3 aliphatic rings. The summed E-state index contributed by atoms with van der Waals surface area (Å²) in [5.41, 5.74) is 6.69. The number of likely N-dealkylation sites (N-methyl/N-ethyl adjacent to an activating group) is 2. The zero-order chi connectivity index (χ0) is 30.0. The van der Waals surface area contributed by atoms with Gasteiger partial charge in [-0.2, -0.15) is 5.26 Å². The highest BCUT2D eigenvalue weighted by atomic mass is 32.2. The van der Waals surface area contributed by atoms with Crippen molar-refractivity contribution in [1.29, 1.82) is 5.26 Å². The first-order chi connectivity index (χ1) is 19.6. The molecule has 218 valence electrons. The van der Waals surface area contributed by atoms with Gasteiger partial charge in [-0.3, -0.25) is 9.69 Å². The number of hydrogen-bond donors (Lipinski definition) is 2. The second kappa shape index (κ2) is 11.9. The van der Waals surface area contributed by atoms with Gasteiger partial charge in [0.1, 0.15) is 23.4 Å². The third-order valence-electron chi connectivity index (χ3n) is 6.76. The van der Waals surface area contributed by atoms with Crippen LogP contribution in [0.1, 0.15) is 18.4 Å². The molecule has 41 heavy (non-hydrogen) atoms. The topological polar surface area (TPSA) is 178 Å². The van der Waals surface area contributed by atoms with Crippen molar-refractivity contribution in [2.45, 2.75) is 25.0 Å². The number of carbonyl (C=O) groups is 3. The summed E-state index contributed by atoms with van der Waals surface area (Å²) in [6.45, 7) is 1.73. The summed E-state index contributed by atoms with van der Waals surface area (Å²) in [7, 11) is 7.32. The zero-order valence-electron chi connectivity index (χ0n) is 23.3. The van der Waals surface area contributed by atoms with Gasteiger partial charge in [0.05, 0.1) is 45.2 Å². The van der Waals surface area contributed by atoms with Gasteiger partial charge >= 0.3 is 12.0 Å². The van der Waals surface area contributed by atoms with Crippen LogP contribution >= 0.6 is 11.8 Å². The van der Waals surface area contributed by atoms with Crippen LogP contribution in [0.15, 0.2) is 39.9 Å². The van der Waals surface area contributed by atoms with Crippen LogP contribution < -0.4 is 25.3 Å². The number of ether oxygens (including phenoxy) is 5. The lowest BCUT2D eigenvalue weighted by molar-refractivity contribution is -0.139. The predicted molar refractivity (Wildman–Crippen MR) is 147 cm³/mol. The second-order valence-corrected chi connectivity index (χ2v) is 9.95. The van der Waals surface area contributed by atoms with E-state index in [0.29, 0.717) is 28.0 Å². The molecular weight excluding hydrogens is 556 g/mol. The lowest BCUT2D eigenvalue weighted by Crippen LogP contribution is -2.63. The molecule has 3 N–H and O–H groups in total. The summed E-state index contributed by atoms with van der Waals surface area (Å²) in [6, 6.07) is 4.07. The smallest absolute Gasteiger partial charge is 0.338 e. The number of benzene rings is 1. The molecule has 15 heteroatoms. The van der Waals surface area contributed by atoms with Gasteiger partial charge in [-0.25, -0.2) is 14.6 Å². The zero-order valence-corrected chi connectivity index (χ0v) is 24.2. The third-order valence-corrected chi connectivity index (χ3v) is 7.66. The molecule has 1 aromatic carbocycles. The average molecular weight is 587 g/mol. The van der Waals surface area contributed by atoms with Crippen LogP contribution in [0.5, 0.6) is 17.2 Å². The van der Waals surface area contributed by atoms with E-state index in [0.717, 1.165) is 16.7 Å². The molecule has 0 aromatic heterocycles. The molecular formula is C26H30N6O8S. The number of carbonyl (C=O) groups excluding carboxylic acids is 3. The average Bonchev–Trinajstić information content (AvgIpc) is 3.41. The number of fused-ring (bicyclic) bond motifs is 1. The SMILES string of the molecule is CCOC(=O)C1=C(CSC2=N[C@@H]3[C@@H](N2)C(=O)N(C)C(=O)N3C)OC(N)=C(C#N)[C@@H]1c1cc(OC)c(OC)c(OC)c1. The Labute approximate surface area is 240 Å². The Morgan fingerprint density at radius 3 is 2.41 bits per heavy atom. The number of nitrogens with two attached hydrogens (primary N) is 1. The first-order valence-corrected chi connectivity index (χ1v) is 13.4. The minimum Gasteiger partial charge on any atom is -0.493 e.